The van der Waals surface area contributed by atoms with Crippen LogP contribution in [0.2, 0.25) is 0 Å². The Labute approximate surface area is 136 Å². The van der Waals surface area contributed by atoms with Crippen molar-refractivity contribution in [2.24, 2.45) is 0 Å². The lowest BCUT2D eigenvalue weighted by Crippen LogP contribution is -2.30. The highest BCUT2D eigenvalue weighted by Crippen LogP contribution is 2.28. The van der Waals surface area contributed by atoms with Gasteiger partial charge in [0.05, 0.1) is 11.6 Å². The summed E-state index contributed by atoms with van der Waals surface area (Å²) in [5.41, 5.74) is 1.12. The Morgan fingerprint density at radius 2 is 1.95 bits per heavy atom. The molecule has 0 aromatic heterocycles. The van der Waals surface area contributed by atoms with Gasteiger partial charge in [-0.3, -0.25) is 4.79 Å². The van der Waals surface area contributed by atoms with Crippen molar-refractivity contribution >= 4 is 28.5 Å². The van der Waals surface area contributed by atoms with Crippen LogP contribution in [0.3, 0.4) is 0 Å². The van der Waals surface area contributed by atoms with Crippen molar-refractivity contribution in [2.75, 3.05) is 7.05 Å². The van der Waals surface area contributed by atoms with E-state index >= 15 is 0 Å². The van der Waals surface area contributed by atoms with Crippen molar-refractivity contribution in [1.82, 2.24) is 4.90 Å². The summed E-state index contributed by atoms with van der Waals surface area (Å²) >= 11 is 1.94. The van der Waals surface area contributed by atoms with Crippen LogP contribution in [0.25, 0.3) is 0 Å². The average Bonchev–Trinajstić information content (AvgIpc) is 2.45. The molecule has 0 aliphatic heterocycles. The van der Waals surface area contributed by atoms with Gasteiger partial charge < -0.3 is 10.0 Å². The third-order valence-corrected chi connectivity index (χ3v) is 4.34. The summed E-state index contributed by atoms with van der Waals surface area (Å²) in [6.07, 6.45) is 0. The standard InChI is InChI=1S/C16H15FINO2/c1-10(12-5-3-4-6-15(12)20)19(2)16(21)13-8-7-11(17)9-14(13)18/h3-10,20H,1-2H3/t10-/m0/s1. The quantitative estimate of drug-likeness (QED) is 0.794. The first-order chi connectivity index (χ1) is 9.91. The summed E-state index contributed by atoms with van der Waals surface area (Å²) < 4.78 is 13.7. The Hall–Kier alpha value is -1.63. The van der Waals surface area contributed by atoms with Gasteiger partial charge in [0, 0.05) is 16.2 Å². The molecule has 21 heavy (non-hydrogen) atoms. The number of carbonyl (C=O) groups is 1. The number of rotatable bonds is 3. The number of benzene rings is 2. The molecule has 0 aliphatic carbocycles. The number of hydrogen-bond donors (Lipinski definition) is 1. The predicted molar refractivity (Wildman–Crippen MR) is 87.7 cm³/mol. The third kappa shape index (κ3) is 3.34. The Bertz CT molecular complexity index is 675. The van der Waals surface area contributed by atoms with Crippen LogP contribution in [0.4, 0.5) is 4.39 Å². The zero-order valence-electron chi connectivity index (χ0n) is 11.7. The SMILES string of the molecule is C[C@@H](c1ccccc1O)N(C)C(=O)c1ccc(F)cc1I. The molecular formula is C16H15FINO2. The number of phenolic OH excluding ortho intramolecular Hbond substituents is 1. The average molecular weight is 399 g/mol. The number of aromatic hydroxyl groups is 1. The lowest BCUT2D eigenvalue weighted by molar-refractivity contribution is 0.0740. The highest BCUT2D eigenvalue weighted by molar-refractivity contribution is 14.1. The van der Waals surface area contributed by atoms with Gasteiger partial charge in [0.25, 0.3) is 5.91 Å². The molecule has 0 aliphatic rings. The van der Waals surface area contributed by atoms with Gasteiger partial charge in [0.2, 0.25) is 0 Å². The Morgan fingerprint density at radius 3 is 2.57 bits per heavy atom. The topological polar surface area (TPSA) is 40.5 Å². The van der Waals surface area contributed by atoms with Crippen LogP contribution < -0.4 is 0 Å². The summed E-state index contributed by atoms with van der Waals surface area (Å²) in [6.45, 7) is 1.84. The van der Waals surface area contributed by atoms with Crippen molar-refractivity contribution in [3.63, 3.8) is 0 Å². The molecule has 2 aromatic rings. The number of carbonyl (C=O) groups excluding carboxylic acids is 1. The van der Waals surface area contributed by atoms with E-state index in [9.17, 15) is 14.3 Å². The summed E-state index contributed by atoms with van der Waals surface area (Å²) in [6, 6.07) is 10.7. The summed E-state index contributed by atoms with van der Waals surface area (Å²) in [5.74, 6) is -0.430. The van der Waals surface area contributed by atoms with Crippen LogP contribution >= 0.6 is 22.6 Å². The molecule has 0 heterocycles. The van der Waals surface area contributed by atoms with Gasteiger partial charge in [0.1, 0.15) is 11.6 Å². The van der Waals surface area contributed by atoms with Crippen molar-refractivity contribution in [2.45, 2.75) is 13.0 Å². The first-order valence-corrected chi connectivity index (χ1v) is 7.49. The molecule has 1 amide bonds. The van der Waals surface area contributed by atoms with Crippen molar-refractivity contribution in [3.05, 3.63) is 63.0 Å². The fraction of sp³-hybridized carbons (Fsp3) is 0.188. The molecule has 0 radical (unpaired) electrons. The second-order valence-electron chi connectivity index (χ2n) is 4.78. The number of phenols is 1. The van der Waals surface area contributed by atoms with E-state index in [-0.39, 0.29) is 23.5 Å². The predicted octanol–water partition coefficient (Wildman–Crippen LogP) is 3.97. The zero-order chi connectivity index (χ0) is 15.6. The minimum atomic E-state index is -0.368. The Kier molecular flexibility index (Phi) is 4.82. The van der Waals surface area contributed by atoms with Crippen LogP contribution in [-0.2, 0) is 0 Å². The van der Waals surface area contributed by atoms with Crippen molar-refractivity contribution < 1.29 is 14.3 Å². The van der Waals surface area contributed by atoms with E-state index in [0.29, 0.717) is 14.7 Å². The van der Waals surface area contributed by atoms with Crippen molar-refractivity contribution in [1.29, 1.82) is 0 Å². The number of para-hydroxylation sites is 1. The van der Waals surface area contributed by atoms with Crippen LogP contribution in [0.5, 0.6) is 5.75 Å². The molecule has 0 spiro atoms. The van der Waals surface area contributed by atoms with E-state index < -0.39 is 0 Å². The molecule has 0 fully saturated rings. The number of halogens is 2. The lowest BCUT2D eigenvalue weighted by Gasteiger charge is -2.26. The number of nitrogens with zero attached hydrogens (tertiary/aromatic N) is 1. The van der Waals surface area contributed by atoms with E-state index in [4.69, 9.17) is 0 Å². The Balaban J connectivity index is 2.29. The Morgan fingerprint density at radius 1 is 1.29 bits per heavy atom. The highest BCUT2D eigenvalue weighted by atomic mass is 127. The molecule has 1 atom stereocenters. The van der Waals surface area contributed by atoms with Crippen molar-refractivity contribution in [3.8, 4) is 5.75 Å². The molecule has 5 heteroatoms. The first kappa shape index (κ1) is 15.8. The summed E-state index contributed by atoms with van der Waals surface area (Å²) in [7, 11) is 1.67. The van der Waals surface area contributed by atoms with Gasteiger partial charge in [0.15, 0.2) is 0 Å². The van der Waals surface area contributed by atoms with Gasteiger partial charge in [-0.1, -0.05) is 18.2 Å². The van der Waals surface area contributed by atoms with E-state index in [1.165, 1.54) is 23.1 Å². The van der Waals surface area contributed by atoms with Gasteiger partial charge >= 0.3 is 0 Å². The molecule has 0 bridgehead atoms. The number of amides is 1. The molecule has 110 valence electrons. The van der Waals surface area contributed by atoms with E-state index in [1.54, 1.807) is 25.2 Å². The van der Waals surface area contributed by atoms with Gasteiger partial charge in [-0.2, -0.15) is 0 Å². The van der Waals surface area contributed by atoms with E-state index in [0.717, 1.165) is 0 Å². The fourth-order valence-electron chi connectivity index (χ4n) is 2.08. The zero-order valence-corrected chi connectivity index (χ0v) is 13.8. The second-order valence-corrected chi connectivity index (χ2v) is 5.94. The minimum absolute atomic E-state index is 0.151. The highest BCUT2D eigenvalue weighted by Gasteiger charge is 2.22. The molecule has 0 unspecified atom stereocenters. The molecule has 1 N–H and O–H groups in total. The van der Waals surface area contributed by atoms with E-state index in [1.807, 2.05) is 35.6 Å². The monoisotopic (exact) mass is 399 g/mol. The van der Waals surface area contributed by atoms with Crippen LogP contribution in [0, 0.1) is 9.39 Å². The smallest absolute Gasteiger partial charge is 0.255 e. The fourth-order valence-corrected chi connectivity index (χ4v) is 2.79. The summed E-state index contributed by atoms with van der Waals surface area (Å²) in [4.78, 5) is 14.1. The van der Waals surface area contributed by atoms with Gasteiger partial charge in [-0.15, -0.1) is 0 Å². The third-order valence-electron chi connectivity index (χ3n) is 3.45. The second kappa shape index (κ2) is 6.43. The number of hydrogen-bond acceptors (Lipinski definition) is 2. The maximum atomic E-state index is 13.1. The summed E-state index contributed by atoms with van der Waals surface area (Å²) in [5, 5.41) is 9.88. The molecular weight excluding hydrogens is 384 g/mol. The molecule has 0 saturated carbocycles. The van der Waals surface area contributed by atoms with Gasteiger partial charge in [-0.25, -0.2) is 4.39 Å². The van der Waals surface area contributed by atoms with Crippen LogP contribution in [-0.4, -0.2) is 23.0 Å². The van der Waals surface area contributed by atoms with E-state index in [2.05, 4.69) is 0 Å². The molecule has 2 rings (SSSR count). The van der Waals surface area contributed by atoms with Crippen LogP contribution in [0.15, 0.2) is 42.5 Å². The molecule has 3 nitrogen and oxygen atoms in total. The largest absolute Gasteiger partial charge is 0.508 e. The lowest BCUT2D eigenvalue weighted by atomic mass is 10.1. The normalized spacial score (nSPS) is 12.0. The molecule has 0 saturated heterocycles. The van der Waals surface area contributed by atoms with Crippen LogP contribution in [0.1, 0.15) is 28.9 Å². The maximum Gasteiger partial charge on any atom is 0.255 e. The maximum absolute atomic E-state index is 13.1. The first-order valence-electron chi connectivity index (χ1n) is 6.42. The minimum Gasteiger partial charge on any atom is -0.508 e. The molecule has 2 aromatic carbocycles. The van der Waals surface area contributed by atoms with Gasteiger partial charge in [-0.05, 0) is 53.8 Å².